The lowest BCUT2D eigenvalue weighted by Gasteiger charge is -2.08. The van der Waals surface area contributed by atoms with E-state index in [0.29, 0.717) is 16.3 Å². The first-order chi connectivity index (χ1) is 13.2. The summed E-state index contributed by atoms with van der Waals surface area (Å²) in [5.41, 5.74) is 1.43. The third-order valence-electron chi connectivity index (χ3n) is 3.80. The molecule has 0 aliphatic rings. The minimum atomic E-state index is -0.740. The molecule has 1 heterocycles. The maximum absolute atomic E-state index is 12.4. The van der Waals surface area contributed by atoms with Crippen molar-refractivity contribution >= 4 is 40.9 Å². The number of aromatic nitrogens is 1. The molecule has 0 aliphatic carbocycles. The van der Waals surface area contributed by atoms with Crippen LogP contribution in [0.2, 0.25) is 10.0 Å². The van der Waals surface area contributed by atoms with Crippen molar-refractivity contribution in [3.63, 3.8) is 0 Å². The van der Waals surface area contributed by atoms with E-state index < -0.39 is 30.9 Å². The summed E-state index contributed by atoms with van der Waals surface area (Å²) in [7, 11) is 0. The van der Waals surface area contributed by atoms with Gasteiger partial charge < -0.3 is 19.2 Å². The second kappa shape index (κ2) is 9.61. The summed E-state index contributed by atoms with van der Waals surface area (Å²) in [4.78, 5) is 39.0. The Hall–Kier alpha value is -2.51. The Bertz CT molecular complexity index is 906. The first-order valence-corrected chi connectivity index (χ1v) is 9.13. The standard InChI is InChI=1S/C19H19Cl2NO6/c1-4-26-19(25)18-10(2)17(11(3)22-18)14(23)8-28-16(24)9-27-15-6-5-12(20)7-13(15)21/h5-7,22H,4,8-9H2,1-3H3. The van der Waals surface area contributed by atoms with Crippen LogP contribution >= 0.6 is 23.2 Å². The summed E-state index contributed by atoms with van der Waals surface area (Å²) in [6, 6.07) is 4.56. The van der Waals surface area contributed by atoms with Crippen LogP contribution in [0.3, 0.4) is 0 Å². The normalized spacial score (nSPS) is 10.5. The van der Waals surface area contributed by atoms with E-state index in [4.69, 9.17) is 37.4 Å². The Balaban J connectivity index is 1.94. The van der Waals surface area contributed by atoms with Gasteiger partial charge in [-0.1, -0.05) is 23.2 Å². The molecule has 150 valence electrons. The van der Waals surface area contributed by atoms with Crippen molar-refractivity contribution < 1.29 is 28.6 Å². The lowest BCUT2D eigenvalue weighted by molar-refractivity contribution is -0.144. The summed E-state index contributed by atoms with van der Waals surface area (Å²) in [5, 5.41) is 0.686. The van der Waals surface area contributed by atoms with Crippen molar-refractivity contribution in [3.8, 4) is 5.75 Å². The highest BCUT2D eigenvalue weighted by Gasteiger charge is 2.23. The van der Waals surface area contributed by atoms with Crippen molar-refractivity contribution in [3.05, 3.63) is 50.8 Å². The van der Waals surface area contributed by atoms with Crippen molar-refractivity contribution in [2.45, 2.75) is 20.8 Å². The molecule has 0 fully saturated rings. The Morgan fingerprint density at radius 3 is 2.43 bits per heavy atom. The van der Waals surface area contributed by atoms with Gasteiger partial charge in [-0.2, -0.15) is 0 Å². The zero-order chi connectivity index (χ0) is 20.8. The van der Waals surface area contributed by atoms with E-state index in [1.54, 1.807) is 26.8 Å². The summed E-state index contributed by atoms with van der Waals surface area (Å²) in [6.07, 6.45) is 0. The van der Waals surface area contributed by atoms with Crippen LogP contribution < -0.4 is 4.74 Å². The summed E-state index contributed by atoms with van der Waals surface area (Å²) in [5.74, 6) is -1.46. The van der Waals surface area contributed by atoms with Gasteiger partial charge in [0.1, 0.15) is 11.4 Å². The van der Waals surface area contributed by atoms with Gasteiger partial charge in [0.2, 0.25) is 5.78 Å². The number of ketones is 1. The van der Waals surface area contributed by atoms with Crippen molar-refractivity contribution in [1.29, 1.82) is 0 Å². The molecule has 0 bridgehead atoms. The molecule has 0 amide bonds. The molecule has 0 saturated carbocycles. The summed E-state index contributed by atoms with van der Waals surface area (Å²) in [6.45, 7) is 4.27. The molecule has 0 radical (unpaired) electrons. The summed E-state index contributed by atoms with van der Waals surface area (Å²) < 4.78 is 15.2. The van der Waals surface area contributed by atoms with E-state index in [0.717, 1.165) is 0 Å². The number of carbonyl (C=O) groups excluding carboxylic acids is 3. The van der Waals surface area contributed by atoms with Crippen LogP contribution in [0.1, 0.15) is 39.0 Å². The molecule has 0 saturated heterocycles. The fourth-order valence-electron chi connectivity index (χ4n) is 2.56. The fourth-order valence-corrected chi connectivity index (χ4v) is 3.03. The highest BCUT2D eigenvalue weighted by molar-refractivity contribution is 6.35. The fraction of sp³-hybridized carbons (Fsp3) is 0.316. The molecule has 1 aromatic heterocycles. The molecule has 0 spiro atoms. The van der Waals surface area contributed by atoms with Gasteiger partial charge >= 0.3 is 11.9 Å². The van der Waals surface area contributed by atoms with E-state index in [2.05, 4.69) is 4.98 Å². The number of benzene rings is 1. The van der Waals surface area contributed by atoms with Crippen LogP contribution in [0.25, 0.3) is 0 Å². The number of hydrogen-bond donors (Lipinski definition) is 1. The number of rotatable bonds is 8. The highest BCUT2D eigenvalue weighted by Crippen LogP contribution is 2.27. The molecule has 0 aliphatic heterocycles. The number of Topliss-reactive ketones (excluding diaryl/α,β-unsaturated/α-hetero) is 1. The van der Waals surface area contributed by atoms with Crippen LogP contribution in [0.4, 0.5) is 0 Å². The third-order valence-corrected chi connectivity index (χ3v) is 4.33. The Morgan fingerprint density at radius 1 is 1.07 bits per heavy atom. The molecule has 2 aromatic rings. The molecule has 1 aromatic carbocycles. The molecule has 1 N–H and O–H groups in total. The van der Waals surface area contributed by atoms with Gasteiger partial charge in [-0.25, -0.2) is 9.59 Å². The van der Waals surface area contributed by atoms with Gasteiger partial charge in [0.05, 0.1) is 11.6 Å². The maximum Gasteiger partial charge on any atom is 0.355 e. The zero-order valence-electron chi connectivity index (χ0n) is 15.6. The van der Waals surface area contributed by atoms with Crippen molar-refractivity contribution in [2.24, 2.45) is 0 Å². The molecule has 0 atom stereocenters. The average molecular weight is 428 g/mol. The van der Waals surface area contributed by atoms with Gasteiger partial charge in [-0.3, -0.25) is 4.79 Å². The number of ether oxygens (including phenoxy) is 3. The van der Waals surface area contributed by atoms with Gasteiger partial charge in [0.15, 0.2) is 13.2 Å². The first-order valence-electron chi connectivity index (χ1n) is 8.37. The third kappa shape index (κ3) is 5.27. The quantitative estimate of drug-likeness (QED) is 0.506. The van der Waals surface area contributed by atoms with E-state index in [-0.39, 0.29) is 28.6 Å². The van der Waals surface area contributed by atoms with Crippen molar-refractivity contribution in [2.75, 3.05) is 19.8 Å². The van der Waals surface area contributed by atoms with Gasteiger partial charge in [0.25, 0.3) is 0 Å². The largest absolute Gasteiger partial charge is 0.480 e. The number of aromatic amines is 1. The Morgan fingerprint density at radius 2 is 1.79 bits per heavy atom. The van der Waals surface area contributed by atoms with E-state index in [1.165, 1.54) is 12.1 Å². The molecule has 2 rings (SSSR count). The number of nitrogens with one attached hydrogen (secondary N) is 1. The predicted molar refractivity (Wildman–Crippen MR) is 103 cm³/mol. The number of aryl methyl sites for hydroxylation is 1. The van der Waals surface area contributed by atoms with Crippen LogP contribution in [-0.4, -0.2) is 42.5 Å². The van der Waals surface area contributed by atoms with E-state index in [9.17, 15) is 14.4 Å². The molecular formula is C19H19Cl2NO6. The Labute approximate surface area is 171 Å². The molecule has 7 nitrogen and oxygen atoms in total. The molecule has 9 heteroatoms. The minimum absolute atomic E-state index is 0.203. The van der Waals surface area contributed by atoms with Crippen molar-refractivity contribution in [1.82, 2.24) is 4.98 Å². The predicted octanol–water partition coefficient (Wildman–Crippen LogP) is 3.92. The lowest BCUT2D eigenvalue weighted by Crippen LogP contribution is -2.20. The van der Waals surface area contributed by atoms with Crippen LogP contribution in [0.15, 0.2) is 18.2 Å². The zero-order valence-corrected chi connectivity index (χ0v) is 17.1. The van der Waals surface area contributed by atoms with E-state index in [1.807, 2.05) is 0 Å². The van der Waals surface area contributed by atoms with Gasteiger partial charge in [-0.05, 0) is 44.5 Å². The smallest absolute Gasteiger partial charge is 0.355 e. The maximum atomic E-state index is 12.4. The van der Waals surface area contributed by atoms with Crippen LogP contribution in [-0.2, 0) is 14.3 Å². The second-order valence-corrected chi connectivity index (χ2v) is 6.64. The molecule has 28 heavy (non-hydrogen) atoms. The average Bonchev–Trinajstić information content (AvgIpc) is 2.93. The van der Waals surface area contributed by atoms with E-state index >= 15 is 0 Å². The number of carbonyl (C=O) groups is 3. The number of hydrogen-bond acceptors (Lipinski definition) is 6. The van der Waals surface area contributed by atoms with Crippen LogP contribution in [0, 0.1) is 13.8 Å². The van der Waals surface area contributed by atoms with Gasteiger partial charge in [0, 0.05) is 16.3 Å². The highest BCUT2D eigenvalue weighted by atomic mass is 35.5. The number of esters is 2. The van der Waals surface area contributed by atoms with Gasteiger partial charge in [-0.15, -0.1) is 0 Å². The Kier molecular flexibility index (Phi) is 7.48. The first kappa shape index (κ1) is 21.8. The topological polar surface area (TPSA) is 94.7 Å². The lowest BCUT2D eigenvalue weighted by atomic mass is 10.1. The molecular weight excluding hydrogens is 409 g/mol. The summed E-state index contributed by atoms with van der Waals surface area (Å²) >= 11 is 11.7. The number of H-pyrrole nitrogens is 1. The van der Waals surface area contributed by atoms with Crippen LogP contribution in [0.5, 0.6) is 5.75 Å². The second-order valence-electron chi connectivity index (χ2n) is 5.79. The molecule has 0 unspecified atom stereocenters. The monoisotopic (exact) mass is 427 g/mol. The SMILES string of the molecule is CCOC(=O)c1[nH]c(C)c(C(=O)COC(=O)COc2ccc(Cl)cc2Cl)c1C. The minimum Gasteiger partial charge on any atom is -0.480 e. The number of halogens is 2.